The maximum Gasteiger partial charge on any atom is 0.223 e. The smallest absolute Gasteiger partial charge is 0.223 e. The number of halogens is 1. The van der Waals surface area contributed by atoms with Gasteiger partial charge in [-0.05, 0) is 31.6 Å². The van der Waals surface area contributed by atoms with E-state index in [0.29, 0.717) is 17.2 Å². The molecule has 2 aliphatic heterocycles. The number of nitrogens with zero attached hydrogens (tertiary/aromatic N) is 3. The normalized spacial score (nSPS) is 24.9. The van der Waals surface area contributed by atoms with E-state index >= 15 is 0 Å². The summed E-state index contributed by atoms with van der Waals surface area (Å²) in [4.78, 5) is 10.4. The topological polar surface area (TPSA) is 64.3 Å². The van der Waals surface area contributed by atoms with Crippen molar-refractivity contribution in [2.45, 2.75) is 31.8 Å². The van der Waals surface area contributed by atoms with Gasteiger partial charge in [0.2, 0.25) is 5.95 Å². The standard InChI is InChI=1S/C13H19ClN4O/c14-11-8-12(17-13(15)16-11)18-5-3-9(4-6-18)10-2-1-7-19-10/h8-10H,1-7H2,(H2,15,16,17). The lowest BCUT2D eigenvalue weighted by Gasteiger charge is -2.35. The highest BCUT2D eigenvalue weighted by molar-refractivity contribution is 6.29. The zero-order chi connectivity index (χ0) is 13.2. The molecule has 2 fully saturated rings. The summed E-state index contributed by atoms with van der Waals surface area (Å²) in [5.74, 6) is 1.76. The largest absolute Gasteiger partial charge is 0.378 e. The lowest BCUT2D eigenvalue weighted by molar-refractivity contribution is 0.0531. The van der Waals surface area contributed by atoms with E-state index in [9.17, 15) is 0 Å². The molecule has 0 amide bonds. The average molecular weight is 283 g/mol. The van der Waals surface area contributed by atoms with Crippen LogP contribution in [0.25, 0.3) is 0 Å². The van der Waals surface area contributed by atoms with E-state index in [1.54, 1.807) is 6.07 Å². The summed E-state index contributed by atoms with van der Waals surface area (Å²) >= 11 is 5.92. The van der Waals surface area contributed by atoms with E-state index in [0.717, 1.165) is 38.4 Å². The fourth-order valence-electron chi connectivity index (χ4n) is 3.06. The fourth-order valence-corrected chi connectivity index (χ4v) is 3.24. The molecule has 1 unspecified atom stereocenters. The van der Waals surface area contributed by atoms with Gasteiger partial charge in [0.1, 0.15) is 11.0 Å². The molecule has 104 valence electrons. The molecule has 6 heteroatoms. The molecule has 0 bridgehead atoms. The Kier molecular flexibility index (Phi) is 3.75. The molecule has 2 saturated heterocycles. The quantitative estimate of drug-likeness (QED) is 0.842. The Hall–Kier alpha value is -1.07. The monoisotopic (exact) mass is 282 g/mol. The first-order valence-electron chi connectivity index (χ1n) is 6.89. The number of hydrogen-bond donors (Lipinski definition) is 1. The first-order valence-corrected chi connectivity index (χ1v) is 7.27. The van der Waals surface area contributed by atoms with Gasteiger partial charge in [-0.25, -0.2) is 4.98 Å². The van der Waals surface area contributed by atoms with E-state index < -0.39 is 0 Å². The Morgan fingerprint density at radius 1 is 1.26 bits per heavy atom. The number of nitrogens with two attached hydrogens (primary N) is 1. The van der Waals surface area contributed by atoms with Gasteiger partial charge in [-0.1, -0.05) is 11.6 Å². The summed E-state index contributed by atoms with van der Waals surface area (Å²) in [6.07, 6.45) is 5.19. The Labute approximate surface area is 118 Å². The van der Waals surface area contributed by atoms with Crippen molar-refractivity contribution >= 4 is 23.4 Å². The predicted molar refractivity (Wildman–Crippen MR) is 75.4 cm³/mol. The molecular formula is C13H19ClN4O. The maximum atomic E-state index is 5.92. The minimum Gasteiger partial charge on any atom is -0.378 e. The Balaban J connectivity index is 1.63. The van der Waals surface area contributed by atoms with Crippen LogP contribution in [0.1, 0.15) is 25.7 Å². The van der Waals surface area contributed by atoms with Crippen molar-refractivity contribution in [3.05, 3.63) is 11.2 Å². The first kappa shape index (κ1) is 12.9. The molecule has 2 N–H and O–H groups in total. The molecule has 0 aliphatic carbocycles. The van der Waals surface area contributed by atoms with Crippen molar-refractivity contribution < 1.29 is 4.74 Å². The second-order valence-electron chi connectivity index (χ2n) is 5.28. The highest BCUT2D eigenvalue weighted by Gasteiger charge is 2.29. The molecule has 1 atom stereocenters. The van der Waals surface area contributed by atoms with Crippen molar-refractivity contribution in [2.24, 2.45) is 5.92 Å². The minimum atomic E-state index is 0.240. The van der Waals surface area contributed by atoms with Gasteiger partial charge in [-0.2, -0.15) is 4.98 Å². The van der Waals surface area contributed by atoms with E-state index in [4.69, 9.17) is 22.1 Å². The van der Waals surface area contributed by atoms with Crippen LogP contribution >= 0.6 is 11.6 Å². The fraction of sp³-hybridized carbons (Fsp3) is 0.692. The number of ether oxygens (including phenoxy) is 1. The number of hydrogen-bond acceptors (Lipinski definition) is 5. The Bertz CT molecular complexity index is 422. The molecule has 3 heterocycles. The summed E-state index contributed by atoms with van der Waals surface area (Å²) in [6, 6.07) is 1.78. The van der Waals surface area contributed by atoms with Gasteiger partial charge in [-0.15, -0.1) is 0 Å². The molecule has 3 rings (SSSR count). The van der Waals surface area contributed by atoms with Gasteiger partial charge in [0.25, 0.3) is 0 Å². The maximum absolute atomic E-state index is 5.92. The van der Waals surface area contributed by atoms with Crippen LogP contribution in [0.5, 0.6) is 0 Å². The molecule has 0 saturated carbocycles. The van der Waals surface area contributed by atoms with Gasteiger partial charge in [0.05, 0.1) is 6.10 Å². The second-order valence-corrected chi connectivity index (χ2v) is 5.67. The second kappa shape index (κ2) is 5.51. The first-order chi connectivity index (χ1) is 9.22. The lowest BCUT2D eigenvalue weighted by Crippen LogP contribution is -2.38. The molecule has 2 aliphatic rings. The van der Waals surface area contributed by atoms with Crippen LogP contribution in [0, 0.1) is 5.92 Å². The third-order valence-electron chi connectivity index (χ3n) is 4.05. The Morgan fingerprint density at radius 3 is 2.68 bits per heavy atom. The van der Waals surface area contributed by atoms with Crippen molar-refractivity contribution in [1.82, 2.24) is 9.97 Å². The van der Waals surface area contributed by atoms with Crippen LogP contribution in [-0.2, 0) is 4.74 Å². The minimum absolute atomic E-state index is 0.240. The average Bonchev–Trinajstić information content (AvgIpc) is 2.91. The third kappa shape index (κ3) is 2.92. The highest BCUT2D eigenvalue weighted by atomic mass is 35.5. The molecule has 0 spiro atoms. The summed E-state index contributed by atoms with van der Waals surface area (Å²) in [7, 11) is 0. The van der Waals surface area contributed by atoms with E-state index in [1.807, 2.05) is 0 Å². The lowest BCUT2D eigenvalue weighted by atomic mass is 9.90. The van der Waals surface area contributed by atoms with Gasteiger partial charge >= 0.3 is 0 Å². The van der Waals surface area contributed by atoms with Crippen molar-refractivity contribution in [1.29, 1.82) is 0 Å². The molecule has 1 aromatic heterocycles. The summed E-state index contributed by atoms with van der Waals surface area (Å²) < 4.78 is 5.79. The molecule has 5 nitrogen and oxygen atoms in total. The van der Waals surface area contributed by atoms with E-state index in [2.05, 4.69) is 14.9 Å². The van der Waals surface area contributed by atoms with Crippen LogP contribution in [0.2, 0.25) is 5.15 Å². The number of rotatable bonds is 2. The van der Waals surface area contributed by atoms with E-state index in [-0.39, 0.29) is 5.95 Å². The predicted octanol–water partition coefficient (Wildman–Crippen LogP) is 2.11. The molecule has 0 radical (unpaired) electrons. The zero-order valence-electron chi connectivity index (χ0n) is 10.9. The Morgan fingerprint density at radius 2 is 2.05 bits per heavy atom. The van der Waals surface area contributed by atoms with Gasteiger partial charge < -0.3 is 15.4 Å². The van der Waals surface area contributed by atoms with Gasteiger partial charge in [0.15, 0.2) is 0 Å². The van der Waals surface area contributed by atoms with Crippen LogP contribution < -0.4 is 10.6 Å². The highest BCUT2D eigenvalue weighted by Crippen LogP contribution is 2.30. The van der Waals surface area contributed by atoms with Crippen molar-refractivity contribution in [3.63, 3.8) is 0 Å². The van der Waals surface area contributed by atoms with Crippen LogP contribution in [0.4, 0.5) is 11.8 Å². The van der Waals surface area contributed by atoms with Crippen LogP contribution in [0.15, 0.2) is 6.07 Å². The summed E-state index contributed by atoms with van der Waals surface area (Å²) in [5.41, 5.74) is 5.64. The van der Waals surface area contributed by atoms with Gasteiger partial charge in [-0.3, -0.25) is 0 Å². The number of anilines is 2. The van der Waals surface area contributed by atoms with Crippen molar-refractivity contribution in [2.75, 3.05) is 30.3 Å². The van der Waals surface area contributed by atoms with Crippen LogP contribution in [-0.4, -0.2) is 35.8 Å². The van der Waals surface area contributed by atoms with Crippen molar-refractivity contribution in [3.8, 4) is 0 Å². The summed E-state index contributed by atoms with van der Waals surface area (Å²) in [6.45, 7) is 2.90. The van der Waals surface area contributed by atoms with Gasteiger partial charge in [0, 0.05) is 25.8 Å². The summed E-state index contributed by atoms with van der Waals surface area (Å²) in [5, 5.41) is 0.406. The SMILES string of the molecule is Nc1nc(Cl)cc(N2CCC(C3CCCO3)CC2)n1. The van der Waals surface area contributed by atoms with E-state index in [1.165, 1.54) is 12.8 Å². The zero-order valence-corrected chi connectivity index (χ0v) is 11.6. The molecule has 19 heavy (non-hydrogen) atoms. The number of nitrogen functional groups attached to an aromatic ring is 1. The molecular weight excluding hydrogens is 264 g/mol. The molecule has 0 aromatic carbocycles. The third-order valence-corrected chi connectivity index (χ3v) is 4.25. The van der Waals surface area contributed by atoms with Crippen LogP contribution in [0.3, 0.4) is 0 Å². The molecule has 1 aromatic rings. The number of piperidine rings is 1. The number of aromatic nitrogens is 2.